The van der Waals surface area contributed by atoms with Crippen molar-refractivity contribution in [2.45, 2.75) is 6.43 Å². The molecule has 1 aromatic heterocycles. The Bertz CT molecular complexity index is 299. The van der Waals surface area contributed by atoms with E-state index in [0.29, 0.717) is 0 Å². The van der Waals surface area contributed by atoms with Crippen LogP contribution in [0.3, 0.4) is 0 Å². The molecule has 1 amide bonds. The molecule has 13 heavy (non-hydrogen) atoms. The number of carbonyl (C=O) groups excluding carboxylic acids is 1. The SMILES string of the molecule is Nc1cn[nH]c1C(=O)NCC(F)F. The molecule has 7 heteroatoms. The molecule has 72 valence electrons. The zero-order valence-electron chi connectivity index (χ0n) is 6.55. The lowest BCUT2D eigenvalue weighted by Gasteiger charge is -2.02. The van der Waals surface area contributed by atoms with E-state index < -0.39 is 18.9 Å². The molecule has 0 aliphatic carbocycles. The third-order valence-corrected chi connectivity index (χ3v) is 1.31. The van der Waals surface area contributed by atoms with Crippen LogP contribution in [0.4, 0.5) is 14.5 Å². The number of anilines is 1. The van der Waals surface area contributed by atoms with Crippen molar-refractivity contribution in [2.24, 2.45) is 0 Å². The first-order valence-electron chi connectivity index (χ1n) is 3.46. The van der Waals surface area contributed by atoms with E-state index in [2.05, 4.69) is 10.2 Å². The summed E-state index contributed by atoms with van der Waals surface area (Å²) in [6.45, 7) is -0.697. The number of nitrogen functional groups attached to an aromatic ring is 1. The average Bonchev–Trinajstić information content (AvgIpc) is 2.47. The Kier molecular flexibility index (Phi) is 2.78. The molecule has 0 aliphatic rings. The summed E-state index contributed by atoms with van der Waals surface area (Å²) < 4.78 is 23.3. The minimum absolute atomic E-state index is 0.000602. The maximum Gasteiger partial charge on any atom is 0.271 e. The van der Waals surface area contributed by atoms with E-state index >= 15 is 0 Å². The topological polar surface area (TPSA) is 83.8 Å². The number of aromatic nitrogens is 2. The van der Waals surface area contributed by atoms with Crippen molar-refractivity contribution >= 4 is 11.6 Å². The molecular weight excluding hydrogens is 182 g/mol. The first-order chi connectivity index (χ1) is 6.11. The molecule has 0 saturated heterocycles. The number of hydrogen-bond donors (Lipinski definition) is 3. The molecule has 1 heterocycles. The maximum absolute atomic E-state index is 11.7. The Balaban J connectivity index is 2.54. The second-order valence-corrected chi connectivity index (χ2v) is 2.30. The Morgan fingerprint density at radius 1 is 1.77 bits per heavy atom. The minimum Gasteiger partial charge on any atom is -0.396 e. The van der Waals surface area contributed by atoms with Gasteiger partial charge in [-0.25, -0.2) is 8.78 Å². The quantitative estimate of drug-likeness (QED) is 0.626. The van der Waals surface area contributed by atoms with Crippen molar-refractivity contribution in [2.75, 3.05) is 12.3 Å². The smallest absolute Gasteiger partial charge is 0.271 e. The van der Waals surface area contributed by atoms with Gasteiger partial charge in [0.05, 0.1) is 18.4 Å². The van der Waals surface area contributed by atoms with Gasteiger partial charge in [0.1, 0.15) is 5.69 Å². The van der Waals surface area contributed by atoms with Crippen molar-refractivity contribution in [3.8, 4) is 0 Å². The van der Waals surface area contributed by atoms with E-state index in [-0.39, 0.29) is 11.4 Å². The van der Waals surface area contributed by atoms with E-state index in [1.54, 1.807) is 0 Å². The van der Waals surface area contributed by atoms with Crippen LogP contribution in [0.15, 0.2) is 6.20 Å². The van der Waals surface area contributed by atoms with Crippen LogP contribution in [0.25, 0.3) is 0 Å². The highest BCUT2D eigenvalue weighted by molar-refractivity contribution is 5.96. The highest BCUT2D eigenvalue weighted by atomic mass is 19.3. The lowest BCUT2D eigenvalue weighted by Crippen LogP contribution is -2.29. The van der Waals surface area contributed by atoms with Crippen molar-refractivity contribution < 1.29 is 13.6 Å². The summed E-state index contributed by atoms with van der Waals surface area (Å²) in [7, 11) is 0. The average molecular weight is 190 g/mol. The first-order valence-corrected chi connectivity index (χ1v) is 3.46. The summed E-state index contributed by atoms with van der Waals surface area (Å²) in [6, 6.07) is 0. The Labute approximate surface area is 72.3 Å². The van der Waals surface area contributed by atoms with Gasteiger partial charge in [0.2, 0.25) is 0 Å². The standard InChI is InChI=1S/C6H8F2N4O/c7-4(8)2-10-6(13)5-3(9)1-11-12-5/h1,4H,2,9H2,(H,10,13)(H,11,12). The number of nitrogens with one attached hydrogen (secondary N) is 2. The van der Waals surface area contributed by atoms with Crippen molar-refractivity contribution in [3.05, 3.63) is 11.9 Å². The number of aromatic amines is 1. The second kappa shape index (κ2) is 3.83. The molecule has 5 nitrogen and oxygen atoms in total. The molecule has 0 radical (unpaired) electrons. The van der Waals surface area contributed by atoms with Gasteiger partial charge in [0, 0.05) is 0 Å². The molecule has 1 rings (SSSR count). The number of nitrogens with two attached hydrogens (primary N) is 1. The van der Waals surface area contributed by atoms with Gasteiger partial charge in [0.25, 0.3) is 12.3 Å². The number of hydrogen-bond acceptors (Lipinski definition) is 3. The minimum atomic E-state index is -2.58. The van der Waals surface area contributed by atoms with Gasteiger partial charge in [-0.05, 0) is 0 Å². The van der Waals surface area contributed by atoms with Crippen molar-refractivity contribution in [1.29, 1.82) is 0 Å². The summed E-state index contributed by atoms with van der Waals surface area (Å²) in [5.41, 5.74) is 5.44. The fourth-order valence-electron chi connectivity index (χ4n) is 0.736. The molecular formula is C6H8F2N4O. The number of alkyl halides is 2. The zero-order chi connectivity index (χ0) is 9.84. The lowest BCUT2D eigenvalue weighted by molar-refractivity contribution is 0.0888. The molecule has 0 aromatic carbocycles. The number of carbonyl (C=O) groups is 1. The molecule has 1 aromatic rings. The van der Waals surface area contributed by atoms with Crippen LogP contribution in [0.5, 0.6) is 0 Å². The van der Waals surface area contributed by atoms with Gasteiger partial charge in [-0.3, -0.25) is 9.89 Å². The third kappa shape index (κ3) is 2.39. The second-order valence-electron chi connectivity index (χ2n) is 2.30. The third-order valence-electron chi connectivity index (χ3n) is 1.31. The number of nitrogens with zero attached hydrogens (tertiary/aromatic N) is 1. The van der Waals surface area contributed by atoms with Crippen molar-refractivity contribution in [1.82, 2.24) is 15.5 Å². The highest BCUT2D eigenvalue weighted by Gasteiger charge is 2.12. The van der Waals surface area contributed by atoms with Gasteiger partial charge in [0.15, 0.2) is 0 Å². The molecule has 4 N–H and O–H groups in total. The van der Waals surface area contributed by atoms with Crippen molar-refractivity contribution in [3.63, 3.8) is 0 Å². The van der Waals surface area contributed by atoms with Crippen LogP contribution < -0.4 is 11.1 Å². The largest absolute Gasteiger partial charge is 0.396 e. The van der Waals surface area contributed by atoms with Gasteiger partial charge in [-0.2, -0.15) is 5.10 Å². The predicted octanol–water partition coefficient (Wildman–Crippen LogP) is -0.0132. The van der Waals surface area contributed by atoms with Crippen LogP contribution in [0.2, 0.25) is 0 Å². The molecule has 0 bridgehead atoms. The molecule has 0 spiro atoms. The normalized spacial score (nSPS) is 10.4. The predicted molar refractivity (Wildman–Crippen MR) is 41.3 cm³/mol. The van der Waals surface area contributed by atoms with Crippen LogP contribution in [0, 0.1) is 0 Å². The van der Waals surface area contributed by atoms with E-state index in [1.165, 1.54) is 6.20 Å². The number of H-pyrrole nitrogens is 1. The molecule has 0 aliphatic heterocycles. The van der Waals surface area contributed by atoms with Gasteiger partial charge in [-0.1, -0.05) is 0 Å². The molecule has 0 fully saturated rings. The van der Waals surface area contributed by atoms with E-state index in [1.807, 2.05) is 5.32 Å². The Morgan fingerprint density at radius 2 is 2.46 bits per heavy atom. The zero-order valence-corrected chi connectivity index (χ0v) is 6.55. The Hall–Kier alpha value is -1.66. The molecule has 0 atom stereocenters. The monoisotopic (exact) mass is 190 g/mol. The number of amides is 1. The lowest BCUT2D eigenvalue weighted by atomic mass is 10.3. The summed E-state index contributed by atoms with van der Waals surface area (Å²) in [5.74, 6) is -0.685. The Morgan fingerprint density at radius 3 is 2.92 bits per heavy atom. The summed E-state index contributed by atoms with van der Waals surface area (Å²) in [5, 5.41) is 7.75. The summed E-state index contributed by atoms with van der Waals surface area (Å²) >= 11 is 0. The fraction of sp³-hybridized carbons (Fsp3) is 0.333. The van der Waals surface area contributed by atoms with Crippen LogP contribution in [-0.2, 0) is 0 Å². The maximum atomic E-state index is 11.7. The van der Waals surface area contributed by atoms with Crippen LogP contribution >= 0.6 is 0 Å². The van der Waals surface area contributed by atoms with Gasteiger partial charge < -0.3 is 11.1 Å². The fourth-order valence-corrected chi connectivity index (χ4v) is 0.736. The van der Waals surface area contributed by atoms with E-state index in [9.17, 15) is 13.6 Å². The summed E-state index contributed by atoms with van der Waals surface area (Å²) in [6.07, 6.45) is -1.34. The number of rotatable bonds is 3. The molecule has 0 saturated carbocycles. The van der Waals surface area contributed by atoms with E-state index in [4.69, 9.17) is 5.73 Å². The van der Waals surface area contributed by atoms with E-state index in [0.717, 1.165) is 0 Å². The highest BCUT2D eigenvalue weighted by Crippen LogP contribution is 2.05. The van der Waals surface area contributed by atoms with Gasteiger partial charge >= 0.3 is 0 Å². The summed E-state index contributed by atoms with van der Waals surface area (Å²) in [4.78, 5) is 11.0. The van der Waals surface area contributed by atoms with Crippen LogP contribution in [-0.4, -0.2) is 29.1 Å². The molecule has 0 unspecified atom stereocenters. The van der Waals surface area contributed by atoms with Crippen LogP contribution in [0.1, 0.15) is 10.5 Å². The van der Waals surface area contributed by atoms with Gasteiger partial charge in [-0.15, -0.1) is 0 Å². The number of halogens is 2. The first kappa shape index (κ1) is 9.43.